The third-order valence-corrected chi connectivity index (χ3v) is 2.64. The third kappa shape index (κ3) is 5.17. The van der Waals surface area contributed by atoms with Crippen LogP contribution in [0.5, 0.6) is 0 Å². The van der Waals surface area contributed by atoms with Gasteiger partial charge in [0.25, 0.3) is 0 Å². The van der Waals surface area contributed by atoms with E-state index < -0.39 is 0 Å². The first-order valence-corrected chi connectivity index (χ1v) is 6.05. The van der Waals surface area contributed by atoms with Gasteiger partial charge in [0.1, 0.15) is 0 Å². The zero-order valence-electron chi connectivity index (χ0n) is 10.9. The van der Waals surface area contributed by atoms with Crippen molar-refractivity contribution in [3.05, 3.63) is 0 Å². The van der Waals surface area contributed by atoms with E-state index in [0.717, 1.165) is 32.4 Å². The summed E-state index contributed by atoms with van der Waals surface area (Å²) in [4.78, 5) is 15.6. The lowest BCUT2D eigenvalue weighted by Gasteiger charge is -2.25. The summed E-state index contributed by atoms with van der Waals surface area (Å²) in [5.74, 6) is 0.339. The fourth-order valence-corrected chi connectivity index (χ4v) is 1.74. The Hall–Kier alpha value is -0.570. The number of nitrogens with zero attached hydrogens (tertiary/aromatic N) is 2. The normalized spacial score (nSPS) is 17.7. The average Bonchev–Trinajstić information content (AvgIpc) is 2.64. The Morgan fingerprint density at radius 2 is 2.00 bits per heavy atom. The van der Waals surface area contributed by atoms with Gasteiger partial charge in [-0.3, -0.25) is 4.79 Å². The maximum Gasteiger partial charge on any atom is 0.222 e. The summed E-state index contributed by atoms with van der Waals surface area (Å²) in [6.07, 6.45) is 2.89. The van der Waals surface area contributed by atoms with Gasteiger partial charge in [-0.2, -0.15) is 0 Å². The highest BCUT2D eigenvalue weighted by Gasteiger charge is 2.24. The van der Waals surface area contributed by atoms with E-state index in [9.17, 15) is 4.79 Å². The molecule has 0 aromatic carbocycles. The molecular weight excluding hydrogens is 188 g/mol. The number of amides is 1. The maximum absolute atomic E-state index is 11.4. The summed E-state index contributed by atoms with van der Waals surface area (Å²) < 4.78 is 0. The highest BCUT2D eigenvalue weighted by molar-refractivity contribution is 5.78. The van der Waals surface area contributed by atoms with E-state index >= 15 is 0 Å². The Labute approximate surface area is 94.4 Å². The van der Waals surface area contributed by atoms with Crippen LogP contribution in [-0.4, -0.2) is 48.9 Å². The highest BCUT2D eigenvalue weighted by atomic mass is 16.2. The van der Waals surface area contributed by atoms with Gasteiger partial charge in [0.2, 0.25) is 5.91 Å². The molecule has 1 fully saturated rings. The lowest BCUT2D eigenvalue weighted by Crippen LogP contribution is -2.35. The van der Waals surface area contributed by atoms with Gasteiger partial charge < -0.3 is 9.80 Å². The van der Waals surface area contributed by atoms with Crippen molar-refractivity contribution >= 4 is 5.91 Å². The van der Waals surface area contributed by atoms with Gasteiger partial charge in [-0.25, -0.2) is 0 Å². The predicted molar refractivity (Wildman–Crippen MR) is 64.9 cm³/mol. The molecule has 1 heterocycles. The topological polar surface area (TPSA) is 23.6 Å². The number of carbonyl (C=O) groups excluding carboxylic acids is 1. The van der Waals surface area contributed by atoms with Crippen LogP contribution in [0.15, 0.2) is 0 Å². The zero-order valence-corrected chi connectivity index (χ0v) is 10.9. The SMILES string of the molecule is CC.CC(CCN(C)C)N1CCCC1=O. The first-order valence-electron chi connectivity index (χ1n) is 6.05. The van der Waals surface area contributed by atoms with E-state index in [0.29, 0.717) is 11.9 Å². The number of carbonyl (C=O) groups is 1. The largest absolute Gasteiger partial charge is 0.340 e. The maximum atomic E-state index is 11.4. The smallest absolute Gasteiger partial charge is 0.222 e. The van der Waals surface area contributed by atoms with E-state index in [1.165, 1.54) is 0 Å². The molecule has 0 aromatic rings. The predicted octanol–water partition coefficient (Wildman–Crippen LogP) is 1.98. The average molecular weight is 214 g/mol. The minimum atomic E-state index is 0.339. The Balaban J connectivity index is 0.000000921. The fourth-order valence-electron chi connectivity index (χ4n) is 1.74. The number of hydrogen-bond acceptors (Lipinski definition) is 2. The molecule has 0 saturated carbocycles. The molecule has 0 aromatic heterocycles. The van der Waals surface area contributed by atoms with Crippen molar-refractivity contribution < 1.29 is 4.79 Å². The standard InChI is InChI=1S/C10H20N2O.C2H6/c1-9(6-8-11(2)3)12-7-4-5-10(12)13;1-2/h9H,4-8H2,1-3H3;1-2H3. The second kappa shape index (κ2) is 7.69. The molecule has 1 unspecified atom stereocenters. The van der Waals surface area contributed by atoms with Crippen LogP contribution in [-0.2, 0) is 4.79 Å². The molecule has 1 rings (SSSR count). The number of likely N-dealkylation sites (tertiary alicyclic amines) is 1. The van der Waals surface area contributed by atoms with Gasteiger partial charge in [0.15, 0.2) is 0 Å². The van der Waals surface area contributed by atoms with Gasteiger partial charge in [0, 0.05) is 19.0 Å². The molecule has 3 heteroatoms. The Morgan fingerprint density at radius 3 is 2.40 bits per heavy atom. The summed E-state index contributed by atoms with van der Waals surface area (Å²) in [5, 5.41) is 0. The van der Waals surface area contributed by atoms with Gasteiger partial charge >= 0.3 is 0 Å². The Bertz CT molecular complexity index is 180. The van der Waals surface area contributed by atoms with Crippen molar-refractivity contribution in [2.24, 2.45) is 0 Å². The summed E-state index contributed by atoms with van der Waals surface area (Å²) in [6.45, 7) is 8.17. The Kier molecular flexibility index (Phi) is 7.39. The summed E-state index contributed by atoms with van der Waals surface area (Å²) in [7, 11) is 4.14. The molecule has 0 spiro atoms. The molecule has 90 valence electrons. The molecule has 15 heavy (non-hydrogen) atoms. The van der Waals surface area contributed by atoms with E-state index in [4.69, 9.17) is 0 Å². The van der Waals surface area contributed by atoms with E-state index in [-0.39, 0.29) is 0 Å². The molecule has 1 saturated heterocycles. The molecule has 0 aliphatic carbocycles. The third-order valence-electron chi connectivity index (χ3n) is 2.64. The molecule has 1 amide bonds. The van der Waals surface area contributed by atoms with Crippen LogP contribution in [0.3, 0.4) is 0 Å². The summed E-state index contributed by atoms with van der Waals surface area (Å²) in [6, 6.07) is 0.414. The highest BCUT2D eigenvalue weighted by Crippen LogP contribution is 2.15. The van der Waals surface area contributed by atoms with E-state index in [2.05, 4.69) is 25.9 Å². The molecule has 0 N–H and O–H groups in total. The minimum Gasteiger partial charge on any atom is -0.340 e. The molecule has 1 aliphatic heterocycles. The van der Waals surface area contributed by atoms with E-state index in [1.807, 2.05) is 18.7 Å². The van der Waals surface area contributed by atoms with Crippen LogP contribution in [0, 0.1) is 0 Å². The monoisotopic (exact) mass is 214 g/mol. The number of rotatable bonds is 4. The first kappa shape index (κ1) is 14.4. The zero-order chi connectivity index (χ0) is 11.8. The fraction of sp³-hybridized carbons (Fsp3) is 0.917. The molecule has 1 aliphatic rings. The van der Waals surface area contributed by atoms with Crippen LogP contribution < -0.4 is 0 Å². The first-order chi connectivity index (χ1) is 7.11. The number of hydrogen-bond donors (Lipinski definition) is 0. The van der Waals surface area contributed by atoms with Crippen molar-refractivity contribution in [3.63, 3.8) is 0 Å². The quantitative estimate of drug-likeness (QED) is 0.714. The van der Waals surface area contributed by atoms with Gasteiger partial charge in [0.05, 0.1) is 0 Å². The lowest BCUT2D eigenvalue weighted by atomic mass is 10.2. The van der Waals surface area contributed by atoms with Crippen molar-refractivity contribution in [2.75, 3.05) is 27.2 Å². The second-order valence-electron chi connectivity index (χ2n) is 4.13. The van der Waals surface area contributed by atoms with Crippen LogP contribution in [0.2, 0.25) is 0 Å². The van der Waals surface area contributed by atoms with Crippen molar-refractivity contribution in [1.82, 2.24) is 9.80 Å². The van der Waals surface area contributed by atoms with Crippen LogP contribution in [0.25, 0.3) is 0 Å². The van der Waals surface area contributed by atoms with Crippen LogP contribution in [0.4, 0.5) is 0 Å². The van der Waals surface area contributed by atoms with Crippen molar-refractivity contribution in [1.29, 1.82) is 0 Å². The van der Waals surface area contributed by atoms with Crippen LogP contribution >= 0.6 is 0 Å². The van der Waals surface area contributed by atoms with Crippen molar-refractivity contribution in [3.8, 4) is 0 Å². The molecular formula is C12H26N2O. The van der Waals surface area contributed by atoms with Gasteiger partial charge in [-0.1, -0.05) is 13.8 Å². The molecule has 0 radical (unpaired) electrons. The Morgan fingerprint density at radius 1 is 1.40 bits per heavy atom. The molecule has 0 bridgehead atoms. The second-order valence-corrected chi connectivity index (χ2v) is 4.13. The minimum absolute atomic E-state index is 0.339. The molecule has 3 nitrogen and oxygen atoms in total. The van der Waals surface area contributed by atoms with Crippen molar-refractivity contribution in [2.45, 2.75) is 46.1 Å². The summed E-state index contributed by atoms with van der Waals surface area (Å²) in [5.41, 5.74) is 0. The molecule has 1 atom stereocenters. The van der Waals surface area contributed by atoms with E-state index in [1.54, 1.807) is 0 Å². The van der Waals surface area contributed by atoms with Gasteiger partial charge in [-0.15, -0.1) is 0 Å². The lowest BCUT2D eigenvalue weighted by molar-refractivity contribution is -0.129. The van der Waals surface area contributed by atoms with Crippen LogP contribution in [0.1, 0.15) is 40.0 Å². The van der Waals surface area contributed by atoms with Gasteiger partial charge in [-0.05, 0) is 40.4 Å². The summed E-state index contributed by atoms with van der Waals surface area (Å²) >= 11 is 0.